The molecule has 0 spiro atoms. The summed E-state index contributed by atoms with van der Waals surface area (Å²) >= 11 is 0. The number of nitrogens with zero attached hydrogens (tertiary/aromatic N) is 2. The first-order chi connectivity index (χ1) is 12.8. The van der Waals surface area contributed by atoms with Crippen LogP contribution in [0.2, 0.25) is 0 Å². The predicted octanol–water partition coefficient (Wildman–Crippen LogP) is 1.46. The predicted molar refractivity (Wildman–Crippen MR) is 98.9 cm³/mol. The summed E-state index contributed by atoms with van der Waals surface area (Å²) in [6.07, 6.45) is 3.07. The van der Waals surface area contributed by atoms with Gasteiger partial charge in [0.15, 0.2) is 5.71 Å². The maximum absolute atomic E-state index is 12.5. The fourth-order valence-electron chi connectivity index (χ4n) is 4.02. The second kappa shape index (κ2) is 8.18. The molecule has 6 heteroatoms. The van der Waals surface area contributed by atoms with Gasteiger partial charge in [-0.15, -0.1) is 0 Å². The third-order valence-electron chi connectivity index (χ3n) is 5.66. The number of likely N-dealkylation sites (tertiary alicyclic amines) is 1. The lowest BCUT2D eigenvalue weighted by Crippen LogP contribution is -2.40. The molecule has 2 atom stereocenters. The molecule has 0 aliphatic carbocycles. The largest absolute Gasteiger partial charge is 0.390 e. The third-order valence-corrected chi connectivity index (χ3v) is 5.66. The number of amides is 1. The van der Waals surface area contributed by atoms with Crippen molar-refractivity contribution in [3.63, 3.8) is 0 Å². The van der Waals surface area contributed by atoms with Crippen molar-refractivity contribution >= 4 is 11.6 Å². The van der Waals surface area contributed by atoms with E-state index in [4.69, 9.17) is 9.57 Å². The molecule has 6 nitrogen and oxygen atoms in total. The molecular weight excluding hydrogens is 330 g/mol. The van der Waals surface area contributed by atoms with E-state index in [1.54, 1.807) is 0 Å². The van der Waals surface area contributed by atoms with Gasteiger partial charge in [0, 0.05) is 39.4 Å². The number of ether oxygens (including phenoxy) is 1. The zero-order valence-electron chi connectivity index (χ0n) is 15.1. The van der Waals surface area contributed by atoms with E-state index >= 15 is 0 Å². The minimum Gasteiger partial charge on any atom is -0.390 e. The van der Waals surface area contributed by atoms with Crippen LogP contribution >= 0.6 is 0 Å². The fourth-order valence-corrected chi connectivity index (χ4v) is 4.02. The van der Waals surface area contributed by atoms with Crippen LogP contribution in [0.4, 0.5) is 0 Å². The normalized spacial score (nSPS) is 26.2. The second-order valence-corrected chi connectivity index (χ2v) is 7.49. The van der Waals surface area contributed by atoms with E-state index < -0.39 is 0 Å². The Bertz CT molecular complexity index is 643. The number of carbonyl (C=O) groups excluding carboxylic acids is 1. The highest BCUT2D eigenvalue weighted by molar-refractivity contribution is 6.40. The summed E-state index contributed by atoms with van der Waals surface area (Å²) in [4.78, 5) is 20.5. The molecule has 2 saturated heterocycles. The highest BCUT2D eigenvalue weighted by Crippen LogP contribution is 2.27. The summed E-state index contributed by atoms with van der Waals surface area (Å²) in [6.45, 7) is 4.98. The zero-order chi connectivity index (χ0) is 17.8. The molecule has 26 heavy (non-hydrogen) atoms. The minimum atomic E-state index is -0.0612. The first-order valence-corrected chi connectivity index (χ1v) is 9.65. The fraction of sp³-hybridized carbons (Fsp3) is 0.600. The smallest absolute Gasteiger partial charge is 0.269 e. The maximum Gasteiger partial charge on any atom is 0.269 e. The van der Waals surface area contributed by atoms with E-state index in [-0.39, 0.29) is 17.9 Å². The summed E-state index contributed by atoms with van der Waals surface area (Å²) in [6, 6.07) is 10.5. The Balaban J connectivity index is 1.25. The number of hydrogen-bond acceptors (Lipinski definition) is 5. The topological polar surface area (TPSA) is 63.2 Å². The number of oxime groups is 1. The van der Waals surface area contributed by atoms with Crippen LogP contribution in [-0.4, -0.2) is 62.0 Å². The Morgan fingerprint density at radius 2 is 2.00 bits per heavy atom. The Morgan fingerprint density at radius 3 is 2.81 bits per heavy atom. The van der Waals surface area contributed by atoms with E-state index in [0.29, 0.717) is 18.2 Å². The number of nitrogens with one attached hydrogen (secondary N) is 1. The van der Waals surface area contributed by atoms with Crippen LogP contribution in [0.25, 0.3) is 0 Å². The second-order valence-electron chi connectivity index (χ2n) is 7.49. The van der Waals surface area contributed by atoms with Crippen LogP contribution in [0.15, 0.2) is 35.5 Å². The van der Waals surface area contributed by atoms with Gasteiger partial charge < -0.3 is 14.9 Å². The summed E-state index contributed by atoms with van der Waals surface area (Å²) in [5.74, 6) is 0.548. The Kier molecular flexibility index (Phi) is 5.51. The average Bonchev–Trinajstić information content (AvgIpc) is 3.26. The molecule has 1 aromatic rings. The van der Waals surface area contributed by atoms with Crippen molar-refractivity contribution in [2.75, 3.05) is 39.4 Å². The van der Waals surface area contributed by atoms with Crippen LogP contribution in [-0.2, 0) is 20.8 Å². The monoisotopic (exact) mass is 357 g/mol. The van der Waals surface area contributed by atoms with Crippen molar-refractivity contribution in [2.45, 2.75) is 25.4 Å². The summed E-state index contributed by atoms with van der Waals surface area (Å²) in [5.41, 5.74) is 1.91. The van der Waals surface area contributed by atoms with Gasteiger partial charge in [0.25, 0.3) is 5.91 Å². The van der Waals surface area contributed by atoms with Gasteiger partial charge in [-0.25, -0.2) is 0 Å². The van der Waals surface area contributed by atoms with Crippen molar-refractivity contribution in [1.29, 1.82) is 0 Å². The Labute approximate surface area is 154 Å². The molecule has 0 bridgehead atoms. The van der Waals surface area contributed by atoms with Crippen LogP contribution < -0.4 is 5.32 Å². The van der Waals surface area contributed by atoms with E-state index in [2.05, 4.69) is 39.6 Å². The summed E-state index contributed by atoms with van der Waals surface area (Å²) in [5, 5.41) is 7.15. The van der Waals surface area contributed by atoms with Gasteiger partial charge in [-0.1, -0.05) is 35.5 Å². The van der Waals surface area contributed by atoms with Crippen molar-refractivity contribution < 1.29 is 14.4 Å². The maximum atomic E-state index is 12.5. The van der Waals surface area contributed by atoms with Crippen molar-refractivity contribution in [3.8, 4) is 0 Å². The van der Waals surface area contributed by atoms with E-state index in [1.165, 1.54) is 5.56 Å². The molecule has 3 aliphatic rings. The number of fused-ring (bicyclic) bond motifs is 1. The third kappa shape index (κ3) is 4.07. The van der Waals surface area contributed by atoms with Gasteiger partial charge in [-0.05, 0) is 30.7 Å². The van der Waals surface area contributed by atoms with Crippen molar-refractivity contribution in [3.05, 3.63) is 35.9 Å². The zero-order valence-corrected chi connectivity index (χ0v) is 15.1. The van der Waals surface area contributed by atoms with Crippen LogP contribution in [0.5, 0.6) is 0 Å². The number of benzene rings is 1. The molecule has 0 saturated carbocycles. The van der Waals surface area contributed by atoms with Crippen LogP contribution in [0.1, 0.15) is 18.4 Å². The summed E-state index contributed by atoms with van der Waals surface area (Å²) in [7, 11) is 0. The standard InChI is InChI=1S/C20H27N3O3/c24-20(21-12-16-7-10-25-11-8-16)19-17-13-23(14-18(17)26-22-19)9-6-15-4-2-1-3-5-15/h1-5,16-18H,6-14H2,(H,21,24)/t17-,18+/m0/s1. The molecule has 4 rings (SSSR count). The lowest BCUT2D eigenvalue weighted by molar-refractivity contribution is -0.115. The van der Waals surface area contributed by atoms with Gasteiger partial charge in [0.1, 0.15) is 6.10 Å². The molecule has 1 amide bonds. The first kappa shape index (κ1) is 17.5. The number of carbonyl (C=O) groups is 1. The van der Waals surface area contributed by atoms with Crippen LogP contribution in [0.3, 0.4) is 0 Å². The van der Waals surface area contributed by atoms with Gasteiger partial charge >= 0.3 is 0 Å². The molecule has 2 fully saturated rings. The lowest BCUT2D eigenvalue weighted by atomic mass is 9.98. The number of rotatable bonds is 6. The molecule has 0 unspecified atom stereocenters. The van der Waals surface area contributed by atoms with E-state index in [1.807, 2.05) is 6.07 Å². The van der Waals surface area contributed by atoms with Crippen LogP contribution in [0, 0.1) is 11.8 Å². The Morgan fingerprint density at radius 1 is 1.19 bits per heavy atom. The van der Waals surface area contributed by atoms with Gasteiger partial charge in [0.05, 0.1) is 5.92 Å². The van der Waals surface area contributed by atoms with Crippen molar-refractivity contribution in [2.24, 2.45) is 17.0 Å². The van der Waals surface area contributed by atoms with Gasteiger partial charge in [-0.3, -0.25) is 9.69 Å². The lowest BCUT2D eigenvalue weighted by Gasteiger charge is -2.22. The highest BCUT2D eigenvalue weighted by Gasteiger charge is 2.44. The van der Waals surface area contributed by atoms with Gasteiger partial charge in [-0.2, -0.15) is 0 Å². The molecule has 0 aromatic heterocycles. The molecule has 140 valence electrons. The molecule has 0 radical (unpaired) electrons. The quantitative estimate of drug-likeness (QED) is 0.837. The first-order valence-electron chi connectivity index (χ1n) is 9.65. The van der Waals surface area contributed by atoms with Crippen molar-refractivity contribution in [1.82, 2.24) is 10.2 Å². The van der Waals surface area contributed by atoms with E-state index in [0.717, 1.165) is 52.1 Å². The summed E-state index contributed by atoms with van der Waals surface area (Å²) < 4.78 is 5.37. The molecule has 3 heterocycles. The molecule has 3 aliphatic heterocycles. The molecular formula is C20H27N3O3. The van der Waals surface area contributed by atoms with E-state index in [9.17, 15) is 4.79 Å². The molecule has 1 N–H and O–H groups in total. The van der Waals surface area contributed by atoms with Gasteiger partial charge in [0.2, 0.25) is 0 Å². The SMILES string of the molecule is O=C(NCC1CCOCC1)C1=NO[C@@H]2CN(CCc3ccccc3)C[C@H]12. The minimum absolute atomic E-state index is 0.0228. The highest BCUT2D eigenvalue weighted by atomic mass is 16.6. The molecule has 1 aromatic carbocycles. The average molecular weight is 357 g/mol. The number of hydrogen-bond donors (Lipinski definition) is 1. The Hall–Kier alpha value is -1.92.